The van der Waals surface area contributed by atoms with Crippen molar-refractivity contribution in [2.75, 3.05) is 13.0 Å². The molecule has 26 heavy (non-hydrogen) atoms. The van der Waals surface area contributed by atoms with Gasteiger partial charge in [-0.15, -0.1) is 11.8 Å². The van der Waals surface area contributed by atoms with Crippen LogP contribution >= 0.6 is 35.7 Å². The molecule has 0 unspecified atom stereocenters. The van der Waals surface area contributed by atoms with Gasteiger partial charge in [-0.05, 0) is 41.7 Å². The third-order valence-electron chi connectivity index (χ3n) is 4.08. The minimum atomic E-state index is -0.0615. The molecule has 0 N–H and O–H groups in total. The van der Waals surface area contributed by atoms with Crippen molar-refractivity contribution < 1.29 is 14.3 Å². The first-order chi connectivity index (χ1) is 12.7. The Morgan fingerprint density at radius 3 is 2.88 bits per heavy atom. The van der Waals surface area contributed by atoms with Gasteiger partial charge in [0.1, 0.15) is 4.32 Å². The summed E-state index contributed by atoms with van der Waals surface area (Å²) < 4.78 is 11.3. The number of hydrogen-bond acceptors (Lipinski definition) is 6. The van der Waals surface area contributed by atoms with Crippen molar-refractivity contribution in [1.29, 1.82) is 0 Å². The van der Waals surface area contributed by atoms with Gasteiger partial charge in [0.05, 0.1) is 11.4 Å². The van der Waals surface area contributed by atoms with E-state index in [-0.39, 0.29) is 12.7 Å². The maximum atomic E-state index is 12.8. The summed E-state index contributed by atoms with van der Waals surface area (Å²) in [6, 6.07) is 13.7. The Bertz CT molecular complexity index is 926. The highest BCUT2D eigenvalue weighted by Gasteiger charge is 2.32. The fourth-order valence-electron chi connectivity index (χ4n) is 2.79. The molecule has 4 nitrogen and oxygen atoms in total. The van der Waals surface area contributed by atoms with Crippen molar-refractivity contribution in [3.8, 4) is 11.5 Å². The summed E-state index contributed by atoms with van der Waals surface area (Å²) in [5.41, 5.74) is 1.99. The molecule has 132 valence electrons. The van der Waals surface area contributed by atoms with Gasteiger partial charge in [0, 0.05) is 4.90 Å². The van der Waals surface area contributed by atoms with Crippen molar-refractivity contribution in [2.45, 2.75) is 11.4 Å². The van der Waals surface area contributed by atoms with Crippen LogP contribution in [0.2, 0.25) is 0 Å². The van der Waals surface area contributed by atoms with E-state index in [1.165, 1.54) is 11.8 Å². The van der Waals surface area contributed by atoms with Gasteiger partial charge in [0.15, 0.2) is 11.5 Å². The number of benzene rings is 2. The lowest BCUT2D eigenvalue weighted by atomic mass is 10.2. The highest BCUT2D eigenvalue weighted by Crippen LogP contribution is 2.37. The zero-order valence-corrected chi connectivity index (χ0v) is 16.4. The Hall–Kier alpha value is -1.96. The average molecular weight is 402 g/mol. The van der Waals surface area contributed by atoms with Crippen LogP contribution in [0.5, 0.6) is 11.5 Å². The lowest BCUT2D eigenvalue weighted by Crippen LogP contribution is -2.27. The summed E-state index contributed by atoms with van der Waals surface area (Å²) >= 11 is 8.44. The molecule has 4 rings (SSSR count). The minimum absolute atomic E-state index is 0.0615. The van der Waals surface area contributed by atoms with Crippen LogP contribution < -0.4 is 9.47 Å². The van der Waals surface area contributed by atoms with E-state index >= 15 is 0 Å². The molecule has 0 radical (unpaired) electrons. The van der Waals surface area contributed by atoms with E-state index in [0.717, 1.165) is 21.8 Å². The summed E-state index contributed by atoms with van der Waals surface area (Å²) in [5, 5.41) is 0. The van der Waals surface area contributed by atoms with E-state index in [2.05, 4.69) is 0 Å². The molecule has 2 aliphatic heterocycles. The van der Waals surface area contributed by atoms with Gasteiger partial charge in [0.2, 0.25) is 6.79 Å². The lowest BCUT2D eigenvalue weighted by Gasteiger charge is -2.14. The number of thiocarbonyl (C=S) groups is 1. The van der Waals surface area contributed by atoms with E-state index in [1.807, 2.05) is 54.8 Å². The zero-order chi connectivity index (χ0) is 18.1. The van der Waals surface area contributed by atoms with E-state index in [4.69, 9.17) is 21.7 Å². The number of fused-ring (bicyclic) bond motifs is 1. The molecular formula is C19H15NO3S3. The smallest absolute Gasteiger partial charge is 0.266 e. The number of carbonyl (C=O) groups excluding carboxylic acids is 1. The molecule has 0 aliphatic carbocycles. The predicted octanol–water partition coefficient (Wildman–Crippen LogP) is 4.54. The molecule has 0 aromatic heterocycles. The Balaban J connectivity index is 1.56. The molecule has 0 saturated carbocycles. The molecule has 0 spiro atoms. The molecular weight excluding hydrogens is 386 g/mol. The van der Waals surface area contributed by atoms with Crippen LogP contribution in [0.4, 0.5) is 0 Å². The topological polar surface area (TPSA) is 38.8 Å². The van der Waals surface area contributed by atoms with Gasteiger partial charge < -0.3 is 9.47 Å². The van der Waals surface area contributed by atoms with Crippen molar-refractivity contribution in [2.24, 2.45) is 0 Å². The lowest BCUT2D eigenvalue weighted by molar-refractivity contribution is -0.122. The van der Waals surface area contributed by atoms with Crippen molar-refractivity contribution in [3.05, 3.63) is 58.5 Å². The molecule has 2 heterocycles. The van der Waals surface area contributed by atoms with E-state index in [1.54, 1.807) is 16.7 Å². The summed E-state index contributed by atoms with van der Waals surface area (Å²) in [6.07, 6.45) is 3.95. The summed E-state index contributed by atoms with van der Waals surface area (Å²) in [6.45, 7) is 0.653. The average Bonchev–Trinajstić information content (AvgIpc) is 3.22. The van der Waals surface area contributed by atoms with Gasteiger partial charge in [-0.1, -0.05) is 48.2 Å². The van der Waals surface area contributed by atoms with Crippen molar-refractivity contribution in [3.63, 3.8) is 0 Å². The third kappa shape index (κ3) is 3.34. The SMILES string of the molecule is CSc1ccccc1C=C1SC(=S)N(Cc2ccc3c(c2)OCO3)C1=O. The number of amides is 1. The number of nitrogens with zero attached hydrogens (tertiary/aromatic N) is 1. The fraction of sp³-hybridized carbons (Fsp3) is 0.158. The monoisotopic (exact) mass is 401 g/mol. The fourth-order valence-corrected chi connectivity index (χ4v) is 4.61. The molecule has 2 aromatic carbocycles. The van der Waals surface area contributed by atoms with Crippen LogP contribution in [0, 0.1) is 0 Å². The molecule has 1 fully saturated rings. The molecule has 2 aliphatic rings. The Morgan fingerprint density at radius 2 is 2.04 bits per heavy atom. The van der Waals surface area contributed by atoms with Gasteiger partial charge in [-0.2, -0.15) is 0 Å². The van der Waals surface area contributed by atoms with Crippen LogP contribution in [0.25, 0.3) is 6.08 Å². The first kappa shape index (κ1) is 17.5. The minimum Gasteiger partial charge on any atom is -0.454 e. The van der Waals surface area contributed by atoms with E-state index in [9.17, 15) is 4.79 Å². The molecule has 2 aromatic rings. The normalized spacial score (nSPS) is 17.4. The van der Waals surface area contributed by atoms with Crippen LogP contribution in [0.1, 0.15) is 11.1 Å². The maximum Gasteiger partial charge on any atom is 0.266 e. The number of carbonyl (C=O) groups is 1. The molecule has 7 heteroatoms. The van der Waals surface area contributed by atoms with Crippen LogP contribution in [-0.2, 0) is 11.3 Å². The second-order valence-electron chi connectivity index (χ2n) is 5.70. The number of rotatable bonds is 4. The Morgan fingerprint density at radius 1 is 1.23 bits per heavy atom. The standard InChI is InChI=1S/C19H15NO3S3/c1-25-16-5-3-2-4-13(16)9-17-18(21)20(19(24)26-17)10-12-6-7-14-15(8-12)23-11-22-14/h2-9H,10-11H2,1H3. The second kappa shape index (κ2) is 7.34. The first-order valence-corrected chi connectivity index (χ1v) is 10.4. The maximum absolute atomic E-state index is 12.8. The number of hydrogen-bond donors (Lipinski definition) is 0. The summed E-state index contributed by atoms with van der Waals surface area (Å²) in [5.74, 6) is 1.37. The van der Waals surface area contributed by atoms with Crippen LogP contribution in [-0.4, -0.2) is 28.2 Å². The second-order valence-corrected chi connectivity index (χ2v) is 8.22. The molecule has 0 atom stereocenters. The Labute approximate surface area is 165 Å². The van der Waals surface area contributed by atoms with Gasteiger partial charge in [-0.25, -0.2) is 0 Å². The largest absolute Gasteiger partial charge is 0.454 e. The molecule has 1 amide bonds. The summed E-state index contributed by atoms with van der Waals surface area (Å²) in [7, 11) is 0. The number of thioether (sulfide) groups is 2. The summed E-state index contributed by atoms with van der Waals surface area (Å²) in [4.78, 5) is 16.3. The first-order valence-electron chi connectivity index (χ1n) is 7.92. The van der Waals surface area contributed by atoms with Gasteiger partial charge in [-0.3, -0.25) is 9.69 Å². The van der Waals surface area contributed by atoms with Crippen LogP contribution in [0.3, 0.4) is 0 Å². The third-order valence-corrected chi connectivity index (χ3v) is 6.27. The van der Waals surface area contributed by atoms with E-state index < -0.39 is 0 Å². The van der Waals surface area contributed by atoms with Crippen molar-refractivity contribution in [1.82, 2.24) is 4.90 Å². The van der Waals surface area contributed by atoms with Crippen LogP contribution in [0.15, 0.2) is 52.3 Å². The molecule has 1 saturated heterocycles. The van der Waals surface area contributed by atoms with E-state index in [0.29, 0.717) is 21.5 Å². The number of ether oxygens (including phenoxy) is 2. The highest BCUT2D eigenvalue weighted by molar-refractivity contribution is 8.26. The van der Waals surface area contributed by atoms with Crippen molar-refractivity contribution >= 4 is 52.0 Å². The Kier molecular flexibility index (Phi) is 4.93. The van der Waals surface area contributed by atoms with Gasteiger partial charge >= 0.3 is 0 Å². The highest BCUT2D eigenvalue weighted by atomic mass is 32.2. The zero-order valence-electron chi connectivity index (χ0n) is 13.9. The van der Waals surface area contributed by atoms with Gasteiger partial charge in [0.25, 0.3) is 5.91 Å². The quantitative estimate of drug-likeness (QED) is 0.426. The predicted molar refractivity (Wildman–Crippen MR) is 110 cm³/mol. The molecule has 0 bridgehead atoms.